The van der Waals surface area contributed by atoms with Crippen LogP contribution >= 0.6 is 0 Å². The van der Waals surface area contributed by atoms with Crippen molar-refractivity contribution in [3.63, 3.8) is 0 Å². The highest BCUT2D eigenvalue weighted by molar-refractivity contribution is 5.81. The van der Waals surface area contributed by atoms with Gasteiger partial charge in [0, 0.05) is 42.0 Å². The molecule has 1 aromatic carbocycles. The van der Waals surface area contributed by atoms with Gasteiger partial charge in [0.1, 0.15) is 5.82 Å². The van der Waals surface area contributed by atoms with Crippen LogP contribution in [-0.2, 0) is 19.5 Å². The second-order valence-corrected chi connectivity index (χ2v) is 9.67. The topological polar surface area (TPSA) is 112 Å². The maximum absolute atomic E-state index is 14.0. The zero-order valence-electron chi connectivity index (χ0n) is 22.3. The summed E-state index contributed by atoms with van der Waals surface area (Å²) in [5.74, 6) is 1.61. The van der Waals surface area contributed by atoms with Crippen molar-refractivity contribution in [2.45, 2.75) is 66.0 Å². The van der Waals surface area contributed by atoms with E-state index in [0.29, 0.717) is 18.9 Å². The Hall–Kier alpha value is -4.34. The molecule has 0 atom stereocenters. The molecule has 0 amide bonds. The normalized spacial score (nSPS) is 11.5. The fraction of sp³-hybridized carbons (Fsp3) is 0.357. The van der Waals surface area contributed by atoms with Crippen LogP contribution in [0.25, 0.3) is 28.3 Å². The third kappa shape index (κ3) is 4.69. The molecule has 4 aromatic heterocycles. The number of nitrogens with zero attached hydrogens (tertiary/aromatic N) is 8. The number of aryl methyl sites for hydroxylation is 2. The first-order valence-corrected chi connectivity index (χ1v) is 13.2. The van der Waals surface area contributed by atoms with Crippen LogP contribution in [0.15, 0.2) is 59.9 Å². The molecule has 0 saturated heterocycles. The molecule has 0 fully saturated rings. The van der Waals surface area contributed by atoms with E-state index >= 15 is 0 Å². The van der Waals surface area contributed by atoms with Crippen molar-refractivity contribution in [1.82, 2.24) is 44.5 Å². The maximum atomic E-state index is 14.0. The lowest BCUT2D eigenvalue weighted by Crippen LogP contribution is -2.27. The van der Waals surface area contributed by atoms with Gasteiger partial charge in [-0.05, 0) is 53.7 Å². The van der Waals surface area contributed by atoms with Gasteiger partial charge in [-0.25, -0.2) is 9.48 Å². The minimum Gasteiger partial charge on any atom is -0.291 e. The van der Waals surface area contributed by atoms with E-state index in [1.165, 1.54) is 0 Å². The van der Waals surface area contributed by atoms with Crippen LogP contribution in [-0.4, -0.2) is 44.5 Å². The number of aromatic amines is 1. The predicted octanol–water partition coefficient (Wildman–Crippen LogP) is 4.61. The lowest BCUT2D eigenvalue weighted by Gasteiger charge is -2.14. The van der Waals surface area contributed by atoms with Gasteiger partial charge >= 0.3 is 5.69 Å². The van der Waals surface area contributed by atoms with Gasteiger partial charge in [0.15, 0.2) is 0 Å². The molecule has 0 saturated carbocycles. The van der Waals surface area contributed by atoms with Gasteiger partial charge in [0.05, 0.1) is 12.7 Å². The van der Waals surface area contributed by atoms with Crippen LogP contribution < -0.4 is 5.69 Å². The van der Waals surface area contributed by atoms with E-state index in [1.807, 2.05) is 65.1 Å². The van der Waals surface area contributed by atoms with Crippen molar-refractivity contribution in [3.05, 3.63) is 82.4 Å². The Labute approximate surface area is 221 Å². The number of nitrogens with one attached hydrogen (secondary N) is 1. The molecular weight excluding hydrogens is 478 g/mol. The lowest BCUT2D eigenvalue weighted by molar-refractivity contribution is 0.621. The number of H-pyrrole nitrogens is 1. The minimum absolute atomic E-state index is 0.0746. The number of imidazole rings is 1. The van der Waals surface area contributed by atoms with Crippen molar-refractivity contribution < 1.29 is 0 Å². The van der Waals surface area contributed by atoms with E-state index in [1.54, 1.807) is 10.8 Å². The Balaban J connectivity index is 1.64. The fourth-order valence-corrected chi connectivity index (χ4v) is 4.88. The fourth-order valence-electron chi connectivity index (χ4n) is 4.88. The number of pyridine rings is 1. The first-order valence-electron chi connectivity index (χ1n) is 13.2. The highest BCUT2D eigenvalue weighted by atomic mass is 16.1. The summed E-state index contributed by atoms with van der Waals surface area (Å²) in [6.45, 7) is 9.54. The summed E-state index contributed by atoms with van der Waals surface area (Å²) in [5, 5.41) is 19.2. The molecule has 0 aliphatic carbocycles. The molecule has 0 unspecified atom stereocenters. The largest absolute Gasteiger partial charge is 0.334 e. The molecule has 10 nitrogen and oxygen atoms in total. The van der Waals surface area contributed by atoms with E-state index in [9.17, 15) is 4.79 Å². The molecule has 5 aromatic rings. The number of hydrogen-bond acceptors (Lipinski definition) is 6. The molecule has 0 spiro atoms. The Bertz CT molecular complexity index is 1570. The van der Waals surface area contributed by atoms with Crippen LogP contribution in [0.2, 0.25) is 0 Å². The second-order valence-electron chi connectivity index (χ2n) is 9.67. The van der Waals surface area contributed by atoms with Crippen molar-refractivity contribution in [1.29, 1.82) is 0 Å². The van der Waals surface area contributed by atoms with Crippen molar-refractivity contribution in [3.8, 4) is 28.3 Å². The Morgan fingerprint density at radius 1 is 1.03 bits per heavy atom. The summed E-state index contributed by atoms with van der Waals surface area (Å²) < 4.78 is 5.56. The molecular formula is C28H33N9O. The van der Waals surface area contributed by atoms with Crippen LogP contribution in [0, 0.1) is 0 Å². The molecule has 0 aliphatic rings. The third-order valence-electron chi connectivity index (χ3n) is 6.87. The van der Waals surface area contributed by atoms with E-state index < -0.39 is 0 Å². The number of aromatic nitrogens is 9. The average Bonchev–Trinajstić information content (AvgIpc) is 3.68. The monoisotopic (exact) mass is 511 g/mol. The highest BCUT2D eigenvalue weighted by Crippen LogP contribution is 2.32. The SMILES string of the molecule is CCCCc1cn(-c2c(C(C)C)cnn2CC)c(=O)n1Cc1cnccc1-c1ccccc1-c1nn[nH]n1. The van der Waals surface area contributed by atoms with Gasteiger partial charge in [0.25, 0.3) is 0 Å². The summed E-state index contributed by atoms with van der Waals surface area (Å²) in [4.78, 5) is 18.4. The summed E-state index contributed by atoms with van der Waals surface area (Å²) in [5.41, 5.74) is 5.71. The van der Waals surface area contributed by atoms with Crippen molar-refractivity contribution in [2.75, 3.05) is 0 Å². The molecule has 4 heterocycles. The van der Waals surface area contributed by atoms with E-state index in [-0.39, 0.29) is 11.6 Å². The van der Waals surface area contributed by atoms with Crippen LogP contribution in [0.4, 0.5) is 0 Å². The Morgan fingerprint density at radius 3 is 2.55 bits per heavy atom. The molecule has 196 valence electrons. The number of unbranched alkanes of at least 4 members (excludes halogenated alkanes) is 1. The summed E-state index contributed by atoms with van der Waals surface area (Å²) in [7, 11) is 0. The van der Waals surface area contributed by atoms with Gasteiger partial charge in [-0.1, -0.05) is 51.5 Å². The van der Waals surface area contributed by atoms with E-state index in [0.717, 1.165) is 58.6 Å². The van der Waals surface area contributed by atoms with Gasteiger partial charge in [-0.15, -0.1) is 10.2 Å². The maximum Gasteiger partial charge on any atom is 0.334 e. The molecule has 0 radical (unpaired) electrons. The van der Waals surface area contributed by atoms with Gasteiger partial charge in [-0.2, -0.15) is 10.3 Å². The summed E-state index contributed by atoms with van der Waals surface area (Å²) >= 11 is 0. The quantitative estimate of drug-likeness (QED) is 0.293. The van der Waals surface area contributed by atoms with Gasteiger partial charge < -0.3 is 0 Å². The van der Waals surface area contributed by atoms with Crippen LogP contribution in [0.5, 0.6) is 0 Å². The molecule has 5 rings (SSSR count). The zero-order valence-corrected chi connectivity index (χ0v) is 22.3. The number of rotatable bonds is 10. The number of benzene rings is 1. The first kappa shape index (κ1) is 25.3. The van der Waals surface area contributed by atoms with E-state index in [2.05, 4.69) is 51.5 Å². The zero-order chi connectivity index (χ0) is 26.6. The van der Waals surface area contributed by atoms with Crippen molar-refractivity contribution >= 4 is 0 Å². The lowest BCUT2D eigenvalue weighted by atomic mass is 9.96. The summed E-state index contributed by atoms with van der Waals surface area (Å²) in [6, 6.07) is 9.92. The van der Waals surface area contributed by atoms with Crippen LogP contribution in [0.3, 0.4) is 0 Å². The Morgan fingerprint density at radius 2 is 1.84 bits per heavy atom. The summed E-state index contributed by atoms with van der Waals surface area (Å²) in [6.07, 6.45) is 10.3. The third-order valence-corrected chi connectivity index (χ3v) is 6.87. The smallest absolute Gasteiger partial charge is 0.291 e. The molecule has 1 N–H and O–H groups in total. The molecule has 0 aliphatic heterocycles. The number of hydrogen-bond donors (Lipinski definition) is 1. The predicted molar refractivity (Wildman–Crippen MR) is 146 cm³/mol. The Kier molecular flexibility index (Phi) is 7.30. The number of tetrazole rings is 1. The molecule has 38 heavy (non-hydrogen) atoms. The van der Waals surface area contributed by atoms with E-state index in [4.69, 9.17) is 0 Å². The van der Waals surface area contributed by atoms with Gasteiger partial charge in [-0.3, -0.25) is 14.1 Å². The van der Waals surface area contributed by atoms with Crippen molar-refractivity contribution in [2.24, 2.45) is 0 Å². The standard InChI is InChI=1S/C28H33N9O/c1-5-7-10-21-18-36(27-25(19(3)4)16-30-37(27)6-2)28(38)35(21)17-20-15-29-14-13-22(20)23-11-8-9-12-24(23)26-31-33-34-32-26/h8-9,11-16,18-19H,5-7,10,17H2,1-4H3,(H,31,32,33,34). The first-order chi connectivity index (χ1) is 18.5. The minimum atomic E-state index is -0.0746. The average molecular weight is 512 g/mol. The second kappa shape index (κ2) is 11.0. The highest BCUT2D eigenvalue weighted by Gasteiger charge is 2.22. The van der Waals surface area contributed by atoms with Crippen LogP contribution in [0.1, 0.15) is 63.3 Å². The van der Waals surface area contributed by atoms with Gasteiger partial charge in [0.2, 0.25) is 5.82 Å². The molecule has 0 bridgehead atoms. The molecule has 10 heteroatoms.